The number of nitrogens with zero attached hydrogens (tertiary/aromatic N) is 1. The Labute approximate surface area is 109 Å². The number of carbonyl (C=O) groups is 1. The molecule has 2 rings (SSSR count). The van der Waals surface area contributed by atoms with Gasteiger partial charge in [0.15, 0.2) is 0 Å². The Bertz CT molecular complexity index is 537. The molecule has 3 N–H and O–H groups in total. The number of hydrogen-bond donors (Lipinski definition) is 2. The first-order valence-corrected chi connectivity index (χ1v) is 6.32. The number of thiazole rings is 1. The van der Waals surface area contributed by atoms with Crippen molar-refractivity contribution in [3.63, 3.8) is 0 Å². The van der Waals surface area contributed by atoms with Crippen molar-refractivity contribution in [1.29, 1.82) is 0 Å². The molecule has 5 nitrogen and oxygen atoms in total. The van der Waals surface area contributed by atoms with Crippen LogP contribution in [0.4, 0.5) is 0 Å². The van der Waals surface area contributed by atoms with Crippen molar-refractivity contribution in [2.75, 3.05) is 6.61 Å². The number of hydrazine groups is 1. The maximum absolute atomic E-state index is 11.3. The fourth-order valence-corrected chi connectivity index (χ4v) is 2.25. The molecule has 1 aromatic heterocycles. The van der Waals surface area contributed by atoms with Gasteiger partial charge in [0.25, 0.3) is 5.91 Å². The maximum atomic E-state index is 11.3. The highest BCUT2D eigenvalue weighted by molar-refractivity contribution is 7.13. The summed E-state index contributed by atoms with van der Waals surface area (Å²) in [6.07, 6.45) is 0. The quantitative estimate of drug-likeness (QED) is 0.501. The number of rotatable bonds is 4. The van der Waals surface area contributed by atoms with E-state index in [0.29, 0.717) is 12.3 Å². The minimum atomic E-state index is -0.386. The fraction of sp³-hybridized carbons (Fsp3) is 0.167. The normalized spacial score (nSPS) is 10.1. The van der Waals surface area contributed by atoms with Crippen molar-refractivity contribution in [1.82, 2.24) is 10.4 Å². The number of aromatic nitrogens is 1. The Kier molecular flexibility index (Phi) is 3.91. The van der Waals surface area contributed by atoms with Gasteiger partial charge in [-0.05, 0) is 31.2 Å². The third kappa shape index (κ3) is 2.66. The van der Waals surface area contributed by atoms with E-state index in [1.165, 1.54) is 11.3 Å². The van der Waals surface area contributed by atoms with Gasteiger partial charge in [-0.15, -0.1) is 11.3 Å². The Morgan fingerprint density at radius 2 is 2.17 bits per heavy atom. The van der Waals surface area contributed by atoms with Crippen molar-refractivity contribution in [3.05, 3.63) is 35.3 Å². The number of carbonyl (C=O) groups excluding carboxylic acids is 1. The number of nitrogen functional groups attached to an aromatic ring is 1. The van der Waals surface area contributed by atoms with Crippen LogP contribution in [0.25, 0.3) is 10.6 Å². The molecule has 0 aliphatic heterocycles. The molecule has 0 aliphatic carbocycles. The van der Waals surface area contributed by atoms with Crippen LogP contribution >= 0.6 is 11.3 Å². The van der Waals surface area contributed by atoms with E-state index in [1.807, 2.05) is 31.2 Å². The van der Waals surface area contributed by atoms with Crippen LogP contribution < -0.4 is 16.0 Å². The molecule has 1 amide bonds. The Morgan fingerprint density at radius 3 is 2.78 bits per heavy atom. The Balaban J connectivity index is 2.20. The maximum Gasteiger partial charge on any atom is 0.284 e. The van der Waals surface area contributed by atoms with Crippen LogP contribution in [-0.4, -0.2) is 17.5 Å². The van der Waals surface area contributed by atoms with E-state index in [4.69, 9.17) is 10.6 Å². The van der Waals surface area contributed by atoms with Crippen LogP contribution in [-0.2, 0) is 0 Å². The molecule has 0 fully saturated rings. The van der Waals surface area contributed by atoms with Gasteiger partial charge in [-0.1, -0.05) is 0 Å². The van der Waals surface area contributed by atoms with Gasteiger partial charge in [0.2, 0.25) is 0 Å². The molecule has 94 valence electrons. The number of hydrogen-bond acceptors (Lipinski definition) is 5. The summed E-state index contributed by atoms with van der Waals surface area (Å²) in [5, 5.41) is 2.45. The second-order valence-electron chi connectivity index (χ2n) is 3.47. The largest absolute Gasteiger partial charge is 0.494 e. The van der Waals surface area contributed by atoms with E-state index < -0.39 is 0 Å². The summed E-state index contributed by atoms with van der Waals surface area (Å²) in [5.41, 5.74) is 3.33. The molecule has 0 saturated carbocycles. The number of nitrogens with two attached hydrogens (primary N) is 1. The van der Waals surface area contributed by atoms with Crippen molar-refractivity contribution < 1.29 is 9.53 Å². The second-order valence-corrected chi connectivity index (χ2v) is 4.33. The number of amides is 1. The van der Waals surface area contributed by atoms with Crippen LogP contribution in [0.3, 0.4) is 0 Å². The van der Waals surface area contributed by atoms with Crippen molar-refractivity contribution in [2.24, 2.45) is 5.84 Å². The van der Waals surface area contributed by atoms with E-state index in [0.717, 1.165) is 16.3 Å². The third-order valence-corrected chi connectivity index (χ3v) is 3.17. The number of ether oxygens (including phenoxy) is 1. The van der Waals surface area contributed by atoms with Crippen LogP contribution in [0.2, 0.25) is 0 Å². The topological polar surface area (TPSA) is 77.2 Å². The Morgan fingerprint density at radius 1 is 1.44 bits per heavy atom. The zero-order chi connectivity index (χ0) is 13.0. The van der Waals surface area contributed by atoms with Gasteiger partial charge >= 0.3 is 0 Å². The van der Waals surface area contributed by atoms with Gasteiger partial charge in [0, 0.05) is 10.9 Å². The van der Waals surface area contributed by atoms with Crippen molar-refractivity contribution in [3.8, 4) is 16.3 Å². The van der Waals surface area contributed by atoms with Crippen molar-refractivity contribution >= 4 is 17.2 Å². The lowest BCUT2D eigenvalue weighted by molar-refractivity contribution is 0.0949. The summed E-state index contributed by atoms with van der Waals surface area (Å²) in [4.78, 5) is 15.5. The summed E-state index contributed by atoms with van der Waals surface area (Å²) in [6.45, 7) is 2.57. The molecular formula is C12H13N3O2S. The first-order valence-electron chi connectivity index (χ1n) is 5.44. The molecule has 0 unspecified atom stereocenters. The zero-order valence-electron chi connectivity index (χ0n) is 9.84. The minimum absolute atomic E-state index is 0.325. The van der Waals surface area contributed by atoms with Crippen molar-refractivity contribution in [2.45, 2.75) is 6.92 Å². The summed E-state index contributed by atoms with van der Waals surface area (Å²) in [6, 6.07) is 7.58. The van der Waals surface area contributed by atoms with E-state index in [1.54, 1.807) is 5.38 Å². The predicted molar refractivity (Wildman–Crippen MR) is 70.4 cm³/mol. The molecule has 0 spiro atoms. The molecule has 0 bridgehead atoms. The summed E-state index contributed by atoms with van der Waals surface area (Å²) < 4.78 is 5.36. The van der Waals surface area contributed by atoms with Gasteiger partial charge in [-0.25, -0.2) is 10.8 Å². The van der Waals surface area contributed by atoms with Crippen LogP contribution in [0.15, 0.2) is 29.6 Å². The average Bonchev–Trinajstić information content (AvgIpc) is 2.89. The molecule has 0 aliphatic rings. The standard InChI is InChI=1S/C12H13N3O2S/c1-2-17-9-5-3-8(4-6-9)12-14-10(7-18-12)11(16)15-13/h3-7H,2,13H2,1H3,(H,15,16). The number of nitrogens with one attached hydrogen (secondary N) is 1. The SMILES string of the molecule is CCOc1ccc(-c2nc(C(=O)NN)cs2)cc1. The van der Waals surface area contributed by atoms with E-state index in [-0.39, 0.29) is 5.91 Å². The molecule has 0 atom stereocenters. The predicted octanol–water partition coefficient (Wildman–Crippen LogP) is 1.81. The van der Waals surface area contributed by atoms with Crippen LogP contribution in [0.5, 0.6) is 5.75 Å². The molecule has 1 heterocycles. The van der Waals surface area contributed by atoms with Crippen LogP contribution in [0.1, 0.15) is 17.4 Å². The monoisotopic (exact) mass is 263 g/mol. The molecule has 1 aromatic carbocycles. The first-order chi connectivity index (χ1) is 8.74. The molecule has 0 radical (unpaired) electrons. The van der Waals surface area contributed by atoms with Gasteiger partial charge in [0.1, 0.15) is 16.5 Å². The van der Waals surface area contributed by atoms with Gasteiger partial charge in [0.05, 0.1) is 6.61 Å². The fourth-order valence-electron chi connectivity index (χ4n) is 1.44. The molecule has 0 saturated heterocycles. The summed E-state index contributed by atoms with van der Waals surface area (Å²) in [7, 11) is 0. The first kappa shape index (κ1) is 12.5. The summed E-state index contributed by atoms with van der Waals surface area (Å²) in [5.74, 6) is 5.49. The second kappa shape index (κ2) is 5.61. The van der Waals surface area contributed by atoms with E-state index in [2.05, 4.69) is 10.4 Å². The molecular weight excluding hydrogens is 250 g/mol. The third-order valence-electron chi connectivity index (χ3n) is 2.28. The molecule has 6 heteroatoms. The van der Waals surface area contributed by atoms with Crippen LogP contribution in [0, 0.1) is 0 Å². The lowest BCUT2D eigenvalue weighted by Gasteiger charge is -2.02. The van der Waals surface area contributed by atoms with E-state index in [9.17, 15) is 4.79 Å². The lowest BCUT2D eigenvalue weighted by atomic mass is 10.2. The smallest absolute Gasteiger partial charge is 0.284 e. The van der Waals surface area contributed by atoms with Gasteiger partial charge in [-0.3, -0.25) is 10.2 Å². The highest BCUT2D eigenvalue weighted by Crippen LogP contribution is 2.25. The lowest BCUT2D eigenvalue weighted by Crippen LogP contribution is -2.30. The minimum Gasteiger partial charge on any atom is -0.494 e. The average molecular weight is 263 g/mol. The van der Waals surface area contributed by atoms with Gasteiger partial charge < -0.3 is 4.74 Å². The molecule has 2 aromatic rings. The number of benzene rings is 1. The molecule has 18 heavy (non-hydrogen) atoms. The van der Waals surface area contributed by atoms with Gasteiger partial charge in [-0.2, -0.15) is 0 Å². The Hall–Kier alpha value is -1.92. The highest BCUT2D eigenvalue weighted by atomic mass is 32.1. The zero-order valence-corrected chi connectivity index (χ0v) is 10.7. The van der Waals surface area contributed by atoms with E-state index >= 15 is 0 Å². The summed E-state index contributed by atoms with van der Waals surface area (Å²) >= 11 is 1.40. The highest BCUT2D eigenvalue weighted by Gasteiger charge is 2.10.